The van der Waals surface area contributed by atoms with Crippen LogP contribution in [0.1, 0.15) is 51.4 Å². The Hall–Kier alpha value is -1.80. The fourth-order valence-electron chi connectivity index (χ4n) is 3.90. The molecule has 1 aliphatic heterocycles. The van der Waals surface area contributed by atoms with Crippen LogP contribution in [0.3, 0.4) is 0 Å². The zero-order chi connectivity index (χ0) is 18.7. The Morgan fingerprint density at radius 3 is 2.40 bits per heavy atom. The van der Waals surface area contributed by atoms with E-state index >= 15 is 0 Å². The van der Waals surface area contributed by atoms with E-state index in [-0.39, 0.29) is 25.8 Å². The summed E-state index contributed by atoms with van der Waals surface area (Å²) >= 11 is 0. The van der Waals surface area contributed by atoms with Gasteiger partial charge in [-0.2, -0.15) is 13.2 Å². The molecule has 1 aliphatic carbocycles. The number of carboxylic acids is 1. The van der Waals surface area contributed by atoms with Gasteiger partial charge in [-0.1, -0.05) is 19.3 Å². The molecular formula is C16H23F3N2O4. The number of rotatable bonds is 6. The van der Waals surface area contributed by atoms with Crippen molar-refractivity contribution in [3.05, 3.63) is 0 Å². The molecule has 2 aliphatic rings. The molecule has 1 saturated carbocycles. The number of carboxylic acid groups (broad SMARTS) is 1. The Morgan fingerprint density at radius 1 is 1.20 bits per heavy atom. The van der Waals surface area contributed by atoms with Gasteiger partial charge in [0.25, 0.3) is 0 Å². The van der Waals surface area contributed by atoms with Gasteiger partial charge in [-0.25, -0.2) is 0 Å². The average molecular weight is 364 g/mol. The van der Waals surface area contributed by atoms with Gasteiger partial charge in [0.2, 0.25) is 11.8 Å². The molecule has 25 heavy (non-hydrogen) atoms. The first-order chi connectivity index (χ1) is 11.6. The van der Waals surface area contributed by atoms with E-state index in [4.69, 9.17) is 5.11 Å². The van der Waals surface area contributed by atoms with Crippen molar-refractivity contribution in [3.8, 4) is 0 Å². The minimum Gasteiger partial charge on any atom is -0.481 e. The summed E-state index contributed by atoms with van der Waals surface area (Å²) in [6, 6.07) is -0.659. The number of aliphatic carboxylic acids is 1. The van der Waals surface area contributed by atoms with E-state index < -0.39 is 42.0 Å². The zero-order valence-corrected chi connectivity index (χ0v) is 13.9. The molecule has 1 heterocycles. The van der Waals surface area contributed by atoms with Crippen LogP contribution in [0, 0.1) is 5.41 Å². The van der Waals surface area contributed by atoms with Crippen LogP contribution in [0.4, 0.5) is 13.2 Å². The molecule has 6 nitrogen and oxygen atoms in total. The first kappa shape index (κ1) is 19.5. The summed E-state index contributed by atoms with van der Waals surface area (Å²) in [6.07, 6.45) is -0.660. The number of amides is 2. The summed E-state index contributed by atoms with van der Waals surface area (Å²) in [5.41, 5.74) is -0.595. The van der Waals surface area contributed by atoms with Gasteiger partial charge in [-0.15, -0.1) is 0 Å². The van der Waals surface area contributed by atoms with E-state index in [1.54, 1.807) is 0 Å². The van der Waals surface area contributed by atoms with E-state index in [0.717, 1.165) is 19.3 Å². The SMILES string of the molecule is O=C(O)CC1(CC(=O)NC2CC(=O)N(CC(F)(F)F)C2)CCCCC1. The van der Waals surface area contributed by atoms with Crippen molar-refractivity contribution in [1.82, 2.24) is 10.2 Å². The molecule has 1 atom stereocenters. The highest BCUT2D eigenvalue weighted by atomic mass is 19.4. The molecule has 9 heteroatoms. The largest absolute Gasteiger partial charge is 0.481 e. The van der Waals surface area contributed by atoms with Crippen LogP contribution in [0.5, 0.6) is 0 Å². The number of nitrogens with one attached hydrogen (secondary N) is 1. The van der Waals surface area contributed by atoms with Crippen LogP contribution < -0.4 is 5.32 Å². The molecule has 0 aromatic rings. The third-order valence-electron chi connectivity index (χ3n) is 4.93. The lowest BCUT2D eigenvalue weighted by atomic mass is 9.69. The Bertz CT molecular complexity index is 530. The topological polar surface area (TPSA) is 86.7 Å². The summed E-state index contributed by atoms with van der Waals surface area (Å²) < 4.78 is 37.2. The highest BCUT2D eigenvalue weighted by Gasteiger charge is 2.40. The number of hydrogen-bond acceptors (Lipinski definition) is 3. The highest BCUT2D eigenvalue weighted by molar-refractivity contribution is 5.83. The Balaban J connectivity index is 1.90. The van der Waals surface area contributed by atoms with Crippen molar-refractivity contribution in [2.24, 2.45) is 5.41 Å². The van der Waals surface area contributed by atoms with Crippen molar-refractivity contribution in [2.45, 2.75) is 63.6 Å². The van der Waals surface area contributed by atoms with E-state index in [9.17, 15) is 27.6 Å². The molecule has 0 aromatic carbocycles. The highest BCUT2D eigenvalue weighted by Crippen LogP contribution is 2.42. The number of alkyl halides is 3. The lowest BCUT2D eigenvalue weighted by Crippen LogP contribution is -2.42. The summed E-state index contributed by atoms with van der Waals surface area (Å²) in [7, 11) is 0. The quantitative estimate of drug-likeness (QED) is 0.756. The van der Waals surface area contributed by atoms with Crippen molar-refractivity contribution < 1.29 is 32.7 Å². The summed E-state index contributed by atoms with van der Waals surface area (Å²) in [5, 5.41) is 11.7. The number of likely N-dealkylation sites (tertiary alicyclic amines) is 1. The first-order valence-electron chi connectivity index (χ1n) is 8.44. The Morgan fingerprint density at radius 2 is 1.84 bits per heavy atom. The second-order valence-corrected chi connectivity index (χ2v) is 7.17. The van der Waals surface area contributed by atoms with Gasteiger partial charge in [0.15, 0.2) is 0 Å². The Labute approximate surface area is 143 Å². The van der Waals surface area contributed by atoms with Crippen LogP contribution in [-0.4, -0.2) is 53.1 Å². The lowest BCUT2D eigenvalue weighted by molar-refractivity contribution is -0.157. The molecule has 2 fully saturated rings. The monoisotopic (exact) mass is 364 g/mol. The minimum atomic E-state index is -4.47. The van der Waals surface area contributed by atoms with Crippen LogP contribution in [0.2, 0.25) is 0 Å². The van der Waals surface area contributed by atoms with Gasteiger partial charge in [0, 0.05) is 19.4 Å². The molecule has 142 valence electrons. The maximum atomic E-state index is 12.4. The minimum absolute atomic E-state index is 0.0310. The van der Waals surface area contributed by atoms with Crippen LogP contribution in [0.25, 0.3) is 0 Å². The standard InChI is InChI=1S/C16H23F3N2O4/c17-16(18,19)10-21-9-11(6-13(21)23)20-12(22)7-15(8-14(24)25)4-2-1-3-5-15/h11H,1-10H2,(H,20,22)(H,24,25). The van der Waals surface area contributed by atoms with E-state index in [1.807, 2.05) is 0 Å². The van der Waals surface area contributed by atoms with E-state index in [2.05, 4.69) is 5.32 Å². The second kappa shape index (κ2) is 7.61. The molecule has 0 aromatic heterocycles. The van der Waals surface area contributed by atoms with Crippen molar-refractivity contribution in [3.63, 3.8) is 0 Å². The smallest absolute Gasteiger partial charge is 0.406 e. The van der Waals surface area contributed by atoms with Crippen molar-refractivity contribution in [2.75, 3.05) is 13.1 Å². The van der Waals surface area contributed by atoms with Crippen LogP contribution >= 0.6 is 0 Å². The van der Waals surface area contributed by atoms with Crippen molar-refractivity contribution in [1.29, 1.82) is 0 Å². The fourth-order valence-corrected chi connectivity index (χ4v) is 3.90. The maximum Gasteiger partial charge on any atom is 0.406 e. The lowest BCUT2D eigenvalue weighted by Gasteiger charge is -2.35. The summed E-state index contributed by atoms with van der Waals surface area (Å²) in [4.78, 5) is 35.8. The number of hydrogen-bond donors (Lipinski definition) is 2. The third-order valence-corrected chi connectivity index (χ3v) is 4.93. The molecule has 0 radical (unpaired) electrons. The van der Waals surface area contributed by atoms with Crippen molar-refractivity contribution >= 4 is 17.8 Å². The normalized spacial score (nSPS) is 23.6. The molecule has 0 spiro atoms. The second-order valence-electron chi connectivity index (χ2n) is 7.17. The summed E-state index contributed by atoms with van der Waals surface area (Å²) in [6.45, 7) is -1.49. The van der Waals surface area contributed by atoms with Gasteiger partial charge in [0.1, 0.15) is 6.54 Å². The van der Waals surface area contributed by atoms with Crippen LogP contribution in [-0.2, 0) is 14.4 Å². The van der Waals surface area contributed by atoms with Gasteiger partial charge in [-0.3, -0.25) is 14.4 Å². The van der Waals surface area contributed by atoms with Gasteiger partial charge in [0.05, 0.1) is 12.5 Å². The molecule has 2 N–H and O–H groups in total. The summed E-state index contributed by atoms with van der Waals surface area (Å²) in [5.74, 6) is -1.99. The molecule has 0 bridgehead atoms. The number of halogens is 3. The molecular weight excluding hydrogens is 341 g/mol. The number of carbonyl (C=O) groups is 3. The van der Waals surface area contributed by atoms with Gasteiger partial charge >= 0.3 is 12.1 Å². The Kier molecular flexibility index (Phi) is 5.95. The predicted molar refractivity (Wildman–Crippen MR) is 81.6 cm³/mol. The number of nitrogens with zero attached hydrogens (tertiary/aromatic N) is 1. The van der Waals surface area contributed by atoms with E-state index in [0.29, 0.717) is 17.7 Å². The van der Waals surface area contributed by atoms with Crippen LogP contribution in [0.15, 0.2) is 0 Å². The molecule has 1 saturated heterocycles. The van der Waals surface area contributed by atoms with Gasteiger partial charge < -0.3 is 15.3 Å². The first-order valence-corrected chi connectivity index (χ1v) is 8.44. The molecule has 2 rings (SSSR count). The number of carbonyl (C=O) groups excluding carboxylic acids is 2. The van der Waals surface area contributed by atoms with E-state index in [1.165, 1.54) is 0 Å². The molecule has 1 unspecified atom stereocenters. The fraction of sp³-hybridized carbons (Fsp3) is 0.812. The predicted octanol–water partition coefficient (Wildman–Crippen LogP) is 2.08. The van der Waals surface area contributed by atoms with Gasteiger partial charge in [-0.05, 0) is 18.3 Å². The zero-order valence-electron chi connectivity index (χ0n) is 13.9. The average Bonchev–Trinajstić information content (AvgIpc) is 2.75. The third kappa shape index (κ3) is 5.89. The molecule has 2 amide bonds. The maximum absolute atomic E-state index is 12.4.